The third kappa shape index (κ3) is 3.89. The molecule has 0 spiro atoms. The largest absolute Gasteiger partial charge is 0.488 e. The lowest BCUT2D eigenvalue weighted by atomic mass is 9.92. The molecular formula is C19H18ClFN2O4. The second kappa shape index (κ2) is 7.54. The number of benzene rings is 2. The maximum atomic E-state index is 13.5. The van der Waals surface area contributed by atoms with Gasteiger partial charge in [-0.2, -0.15) is 0 Å². The van der Waals surface area contributed by atoms with Gasteiger partial charge in [0.25, 0.3) is 5.91 Å². The fourth-order valence-corrected chi connectivity index (χ4v) is 2.98. The molecule has 2 unspecified atom stereocenters. The van der Waals surface area contributed by atoms with Crippen molar-refractivity contribution in [3.63, 3.8) is 0 Å². The van der Waals surface area contributed by atoms with Crippen LogP contribution in [-0.4, -0.2) is 41.2 Å². The van der Waals surface area contributed by atoms with Gasteiger partial charge in [-0.1, -0.05) is 35.9 Å². The van der Waals surface area contributed by atoms with Gasteiger partial charge in [0, 0.05) is 5.02 Å². The number of aliphatic hydroxyl groups excluding tert-OH is 1. The lowest BCUT2D eigenvalue weighted by Crippen LogP contribution is -2.42. The minimum atomic E-state index is -1.26. The van der Waals surface area contributed by atoms with Crippen LogP contribution in [0.15, 0.2) is 48.5 Å². The van der Waals surface area contributed by atoms with E-state index in [-0.39, 0.29) is 18.9 Å². The van der Waals surface area contributed by atoms with Crippen LogP contribution in [0, 0.1) is 5.82 Å². The number of ether oxygens (including phenoxy) is 1. The summed E-state index contributed by atoms with van der Waals surface area (Å²) in [6.45, 7) is 1.04. The first-order valence-electron chi connectivity index (χ1n) is 8.27. The summed E-state index contributed by atoms with van der Waals surface area (Å²) in [6.07, 6.45) is -1.17. The zero-order valence-electron chi connectivity index (χ0n) is 14.5. The molecule has 2 N–H and O–H groups in total. The van der Waals surface area contributed by atoms with Gasteiger partial charge < -0.3 is 15.2 Å². The molecule has 1 heterocycles. The Balaban J connectivity index is 1.66. The van der Waals surface area contributed by atoms with Crippen LogP contribution in [-0.2, 0) is 10.3 Å². The average Bonchev–Trinajstić information content (AvgIpc) is 2.85. The van der Waals surface area contributed by atoms with Crippen molar-refractivity contribution in [2.45, 2.75) is 18.6 Å². The highest BCUT2D eigenvalue weighted by molar-refractivity contribution is 6.30. The molecule has 0 aliphatic carbocycles. The van der Waals surface area contributed by atoms with Crippen LogP contribution < -0.4 is 10.1 Å². The predicted octanol–water partition coefficient (Wildman–Crippen LogP) is 2.69. The number of nitrogens with one attached hydrogen (secondary N) is 1. The maximum absolute atomic E-state index is 13.5. The summed E-state index contributed by atoms with van der Waals surface area (Å²) in [7, 11) is 0. The number of halogens is 2. The minimum Gasteiger partial charge on any atom is -0.488 e. The molecular weight excluding hydrogens is 375 g/mol. The van der Waals surface area contributed by atoms with Crippen LogP contribution in [0.4, 0.5) is 9.18 Å². The van der Waals surface area contributed by atoms with Gasteiger partial charge in [0.2, 0.25) is 0 Å². The van der Waals surface area contributed by atoms with Crippen molar-refractivity contribution in [3.05, 3.63) is 64.9 Å². The van der Waals surface area contributed by atoms with Crippen molar-refractivity contribution < 1.29 is 23.8 Å². The van der Waals surface area contributed by atoms with E-state index in [0.717, 1.165) is 4.90 Å². The molecule has 2 aromatic carbocycles. The van der Waals surface area contributed by atoms with Crippen LogP contribution in [0.5, 0.6) is 5.75 Å². The molecule has 6 nitrogen and oxygen atoms in total. The number of carbonyl (C=O) groups is 2. The number of imide groups is 1. The number of amides is 3. The fourth-order valence-electron chi connectivity index (χ4n) is 2.85. The number of rotatable bonds is 6. The zero-order chi connectivity index (χ0) is 19.6. The quantitative estimate of drug-likeness (QED) is 0.741. The van der Waals surface area contributed by atoms with Crippen molar-refractivity contribution in [1.29, 1.82) is 0 Å². The molecule has 3 amide bonds. The van der Waals surface area contributed by atoms with E-state index in [4.69, 9.17) is 16.3 Å². The SMILES string of the molecule is CC1(c2ccc(Cl)cc2)NC(=O)N(CC(O)COc2ccccc2F)C1=O. The predicted molar refractivity (Wildman–Crippen MR) is 97.0 cm³/mol. The second-order valence-electron chi connectivity index (χ2n) is 6.37. The smallest absolute Gasteiger partial charge is 0.325 e. The fraction of sp³-hybridized carbons (Fsp3) is 0.263. The average molecular weight is 393 g/mol. The van der Waals surface area contributed by atoms with E-state index in [1.807, 2.05) is 0 Å². The number of nitrogens with zero attached hydrogens (tertiary/aromatic N) is 1. The van der Waals surface area contributed by atoms with Crippen molar-refractivity contribution in [1.82, 2.24) is 10.2 Å². The van der Waals surface area contributed by atoms with E-state index in [2.05, 4.69) is 5.32 Å². The van der Waals surface area contributed by atoms with Crippen LogP contribution in [0.3, 0.4) is 0 Å². The highest BCUT2D eigenvalue weighted by atomic mass is 35.5. The summed E-state index contributed by atoms with van der Waals surface area (Å²) >= 11 is 5.87. The van der Waals surface area contributed by atoms with Crippen molar-refractivity contribution in [3.8, 4) is 5.75 Å². The highest BCUT2D eigenvalue weighted by Gasteiger charge is 2.49. The van der Waals surface area contributed by atoms with E-state index in [9.17, 15) is 19.1 Å². The van der Waals surface area contributed by atoms with Gasteiger partial charge in [-0.05, 0) is 36.8 Å². The molecule has 1 aliphatic heterocycles. The molecule has 1 fully saturated rings. The molecule has 1 aliphatic rings. The Labute approximate surface area is 160 Å². The number of aliphatic hydroxyl groups is 1. The van der Waals surface area contributed by atoms with Gasteiger partial charge in [0.15, 0.2) is 11.6 Å². The topological polar surface area (TPSA) is 78.9 Å². The third-order valence-electron chi connectivity index (χ3n) is 4.36. The molecule has 2 atom stereocenters. The van der Waals surface area contributed by atoms with E-state index >= 15 is 0 Å². The van der Waals surface area contributed by atoms with Crippen molar-refractivity contribution in [2.24, 2.45) is 0 Å². The summed E-state index contributed by atoms with van der Waals surface area (Å²) in [5.41, 5.74) is -0.682. The summed E-state index contributed by atoms with van der Waals surface area (Å²) in [4.78, 5) is 26.0. The molecule has 27 heavy (non-hydrogen) atoms. The first-order valence-corrected chi connectivity index (χ1v) is 8.64. The molecule has 0 aromatic heterocycles. The number of β-amino-alcohol motifs (C(OH)–C–C–N with tert-alkyl or cyclic N) is 1. The Hall–Kier alpha value is -2.64. The summed E-state index contributed by atoms with van der Waals surface area (Å²) in [6, 6.07) is 11.7. The van der Waals surface area contributed by atoms with E-state index in [1.165, 1.54) is 18.2 Å². The monoisotopic (exact) mass is 392 g/mol. The van der Waals surface area contributed by atoms with Gasteiger partial charge in [0.1, 0.15) is 18.2 Å². The second-order valence-corrected chi connectivity index (χ2v) is 6.81. The standard InChI is InChI=1S/C19H18ClFN2O4/c1-19(12-6-8-13(20)9-7-12)17(25)23(18(26)22-19)10-14(24)11-27-16-5-3-2-4-15(16)21/h2-9,14,24H,10-11H2,1H3,(H,22,26). The molecule has 1 saturated heterocycles. The van der Waals surface area contributed by atoms with E-state index in [1.54, 1.807) is 37.3 Å². The van der Waals surface area contributed by atoms with Crippen LogP contribution >= 0.6 is 11.6 Å². The normalized spacial score (nSPS) is 20.5. The number of hydrogen-bond acceptors (Lipinski definition) is 4. The molecule has 0 bridgehead atoms. The van der Waals surface area contributed by atoms with Crippen molar-refractivity contribution in [2.75, 3.05) is 13.2 Å². The number of para-hydroxylation sites is 1. The Morgan fingerprint density at radius 1 is 1.22 bits per heavy atom. The molecule has 3 rings (SSSR count). The minimum absolute atomic E-state index is 0.0141. The lowest BCUT2D eigenvalue weighted by Gasteiger charge is -2.23. The number of carbonyl (C=O) groups excluding carboxylic acids is 2. The Kier molecular flexibility index (Phi) is 5.34. The van der Waals surface area contributed by atoms with Gasteiger partial charge in [-0.3, -0.25) is 9.69 Å². The summed E-state index contributed by atoms with van der Waals surface area (Å²) < 4.78 is 18.8. The molecule has 142 valence electrons. The Morgan fingerprint density at radius 2 is 1.89 bits per heavy atom. The summed E-state index contributed by atoms with van der Waals surface area (Å²) in [5, 5.41) is 13.3. The number of hydrogen-bond donors (Lipinski definition) is 2. The first kappa shape index (κ1) is 19.1. The van der Waals surface area contributed by atoms with Gasteiger partial charge in [0.05, 0.1) is 6.54 Å². The summed E-state index contributed by atoms with van der Waals surface area (Å²) in [5.74, 6) is -1.07. The highest BCUT2D eigenvalue weighted by Crippen LogP contribution is 2.29. The lowest BCUT2D eigenvalue weighted by molar-refractivity contribution is -0.132. The van der Waals surface area contributed by atoms with E-state index in [0.29, 0.717) is 10.6 Å². The van der Waals surface area contributed by atoms with E-state index < -0.39 is 29.4 Å². The van der Waals surface area contributed by atoms with Crippen LogP contribution in [0.1, 0.15) is 12.5 Å². The van der Waals surface area contributed by atoms with Gasteiger partial charge in [-0.25, -0.2) is 9.18 Å². The number of urea groups is 1. The maximum Gasteiger partial charge on any atom is 0.325 e. The third-order valence-corrected chi connectivity index (χ3v) is 4.61. The molecule has 8 heteroatoms. The van der Waals surface area contributed by atoms with Gasteiger partial charge >= 0.3 is 6.03 Å². The Bertz CT molecular complexity index is 861. The van der Waals surface area contributed by atoms with Crippen molar-refractivity contribution >= 4 is 23.5 Å². The van der Waals surface area contributed by atoms with Crippen LogP contribution in [0.25, 0.3) is 0 Å². The van der Waals surface area contributed by atoms with Gasteiger partial charge in [-0.15, -0.1) is 0 Å². The molecule has 2 aromatic rings. The molecule has 0 radical (unpaired) electrons. The zero-order valence-corrected chi connectivity index (χ0v) is 15.2. The molecule has 0 saturated carbocycles. The van der Waals surface area contributed by atoms with Crippen LogP contribution in [0.2, 0.25) is 5.02 Å². The first-order chi connectivity index (χ1) is 12.8. The Morgan fingerprint density at radius 3 is 2.56 bits per heavy atom.